The van der Waals surface area contributed by atoms with Crippen LogP contribution in [-0.2, 0) is 16.4 Å². The van der Waals surface area contributed by atoms with E-state index in [1.807, 2.05) is 12.1 Å². The molecule has 0 radical (unpaired) electrons. The van der Waals surface area contributed by atoms with Gasteiger partial charge in [0.25, 0.3) is 0 Å². The zero-order chi connectivity index (χ0) is 17.5. The Balaban J connectivity index is 1.69. The van der Waals surface area contributed by atoms with Gasteiger partial charge < -0.3 is 19.4 Å². The Bertz CT molecular complexity index is 660. The average molecular weight is 329 g/mol. The Morgan fingerprint density at radius 2 is 1.75 bits per heavy atom. The zero-order valence-electron chi connectivity index (χ0n) is 14.9. The molecule has 0 atom stereocenters. The number of fused-ring (bicyclic) bond motifs is 1. The molecule has 0 unspecified atom stereocenters. The highest BCUT2D eigenvalue weighted by atomic mass is 16.5. The van der Waals surface area contributed by atoms with Crippen molar-refractivity contribution in [3.8, 4) is 5.75 Å². The minimum absolute atomic E-state index is 0.0407. The van der Waals surface area contributed by atoms with Gasteiger partial charge in [-0.25, -0.2) is 0 Å². The van der Waals surface area contributed by atoms with Crippen LogP contribution in [0.5, 0.6) is 5.75 Å². The highest BCUT2D eigenvalue weighted by molar-refractivity contribution is 6.47. The van der Waals surface area contributed by atoms with E-state index in [-0.39, 0.29) is 10.8 Å². The van der Waals surface area contributed by atoms with Crippen LogP contribution in [0, 0.1) is 5.41 Å². The van der Waals surface area contributed by atoms with Gasteiger partial charge in [0.15, 0.2) is 5.90 Å². The fourth-order valence-corrected chi connectivity index (χ4v) is 3.24. The van der Waals surface area contributed by atoms with Crippen molar-refractivity contribution in [1.29, 1.82) is 0 Å². The van der Waals surface area contributed by atoms with Crippen molar-refractivity contribution in [2.24, 2.45) is 10.4 Å². The first-order valence-electron chi connectivity index (χ1n) is 8.55. The fraction of sp³-hybridized carbons (Fsp3) is 0.588. The van der Waals surface area contributed by atoms with Crippen molar-refractivity contribution in [1.82, 2.24) is 0 Å². The van der Waals surface area contributed by atoms with Crippen molar-refractivity contribution in [2.45, 2.75) is 52.3 Å². The lowest BCUT2D eigenvalue weighted by Crippen LogP contribution is -2.30. The molecule has 128 valence electrons. The molecule has 2 N–H and O–H groups in total. The summed E-state index contributed by atoms with van der Waals surface area (Å²) in [5.41, 5.74) is 2.00. The fourth-order valence-electron chi connectivity index (χ4n) is 3.24. The minimum Gasteiger partial charge on any atom is -0.536 e. The summed E-state index contributed by atoms with van der Waals surface area (Å²) in [7, 11) is -1.52. The maximum absolute atomic E-state index is 9.63. The molecule has 2 aliphatic heterocycles. The van der Waals surface area contributed by atoms with E-state index in [9.17, 15) is 10.0 Å². The van der Waals surface area contributed by atoms with E-state index in [1.165, 1.54) is 5.56 Å². The van der Waals surface area contributed by atoms with Gasteiger partial charge in [-0.3, -0.25) is 4.99 Å². The van der Waals surface area contributed by atoms with Gasteiger partial charge in [0.1, 0.15) is 5.75 Å². The molecule has 0 fully saturated rings. The molecule has 0 spiro atoms. The normalized spacial score (nSPS) is 17.5. The molecule has 0 aliphatic carbocycles. The van der Waals surface area contributed by atoms with Gasteiger partial charge in [0, 0.05) is 11.7 Å². The summed E-state index contributed by atoms with van der Waals surface area (Å²) in [6, 6.07) is 6.22. The van der Waals surface area contributed by atoms with E-state index >= 15 is 0 Å². The van der Waals surface area contributed by atoms with Crippen molar-refractivity contribution < 1.29 is 19.4 Å². The van der Waals surface area contributed by atoms with E-state index in [4.69, 9.17) is 9.31 Å². The van der Waals surface area contributed by atoms with Crippen LogP contribution in [0.2, 0.25) is 0 Å². The Morgan fingerprint density at radius 3 is 2.42 bits per heavy atom. The molecular formula is C17H25B2NO4. The molecule has 2 aliphatic rings. The standard InChI is InChI=1S/C17H25B2NO4/c1-16(2,7-8-17(3,4)15-20-11-19(22)24-15)13-6-5-12-10-18(21)23-14(12)9-13/h5-6,9,21-22H,7-8,10-11H2,1-4H3. The summed E-state index contributed by atoms with van der Waals surface area (Å²) >= 11 is 0. The largest absolute Gasteiger partial charge is 0.546 e. The van der Waals surface area contributed by atoms with Crippen molar-refractivity contribution in [2.75, 3.05) is 6.44 Å². The van der Waals surface area contributed by atoms with Gasteiger partial charge in [-0.05, 0) is 35.4 Å². The SMILES string of the molecule is CC(C)(CCC(C)(C)c1ccc2c(c1)OB(O)C2)C1=NCB(O)O1. The van der Waals surface area contributed by atoms with Gasteiger partial charge in [-0.2, -0.15) is 0 Å². The third-order valence-electron chi connectivity index (χ3n) is 5.10. The zero-order valence-corrected chi connectivity index (χ0v) is 14.9. The maximum atomic E-state index is 9.63. The average Bonchev–Trinajstić information content (AvgIpc) is 3.09. The highest BCUT2D eigenvalue weighted by Crippen LogP contribution is 2.38. The summed E-state index contributed by atoms with van der Waals surface area (Å²) in [5, 5.41) is 19.1. The summed E-state index contributed by atoms with van der Waals surface area (Å²) in [6.07, 6.45) is 2.72. The molecular weight excluding hydrogens is 304 g/mol. The number of hydrogen-bond acceptors (Lipinski definition) is 5. The second-order valence-electron chi connectivity index (χ2n) is 8.09. The monoisotopic (exact) mass is 329 g/mol. The Hall–Kier alpha value is -1.46. The molecule has 0 amide bonds. The van der Waals surface area contributed by atoms with Crippen LogP contribution in [0.3, 0.4) is 0 Å². The van der Waals surface area contributed by atoms with Crippen molar-refractivity contribution in [3.05, 3.63) is 29.3 Å². The predicted octanol–water partition coefficient (Wildman–Crippen LogP) is 2.17. The van der Waals surface area contributed by atoms with Crippen LogP contribution in [0.25, 0.3) is 0 Å². The highest BCUT2D eigenvalue weighted by Gasteiger charge is 2.36. The molecule has 3 rings (SSSR count). The number of aliphatic imine (C=N–C) groups is 1. The van der Waals surface area contributed by atoms with Crippen LogP contribution < -0.4 is 4.65 Å². The van der Waals surface area contributed by atoms with Crippen LogP contribution >= 0.6 is 0 Å². The van der Waals surface area contributed by atoms with Crippen LogP contribution in [0.4, 0.5) is 0 Å². The summed E-state index contributed by atoms with van der Waals surface area (Å²) in [6.45, 7) is 8.62. The Labute approximate surface area is 144 Å². The Kier molecular flexibility index (Phi) is 4.43. The predicted molar refractivity (Wildman–Crippen MR) is 96.1 cm³/mol. The topological polar surface area (TPSA) is 71.3 Å². The van der Waals surface area contributed by atoms with Gasteiger partial charge in [-0.1, -0.05) is 39.8 Å². The second kappa shape index (κ2) is 6.12. The molecule has 1 aromatic rings. The Morgan fingerprint density at radius 1 is 1.04 bits per heavy atom. The second-order valence-corrected chi connectivity index (χ2v) is 8.09. The van der Waals surface area contributed by atoms with E-state index in [1.54, 1.807) is 0 Å². The van der Waals surface area contributed by atoms with E-state index < -0.39 is 14.2 Å². The molecule has 0 bridgehead atoms. The van der Waals surface area contributed by atoms with Crippen molar-refractivity contribution >= 4 is 20.1 Å². The summed E-state index contributed by atoms with van der Waals surface area (Å²) in [5.74, 6) is 1.44. The van der Waals surface area contributed by atoms with Gasteiger partial charge in [0.05, 0.1) is 6.44 Å². The molecule has 7 heteroatoms. The molecule has 0 saturated heterocycles. The first-order valence-corrected chi connectivity index (χ1v) is 8.55. The van der Waals surface area contributed by atoms with Crippen LogP contribution in [0.15, 0.2) is 23.2 Å². The molecule has 1 aromatic carbocycles. The molecule has 2 heterocycles. The summed E-state index contributed by atoms with van der Waals surface area (Å²) in [4.78, 5) is 4.31. The van der Waals surface area contributed by atoms with Gasteiger partial charge >= 0.3 is 14.2 Å². The molecule has 5 nitrogen and oxygen atoms in total. The third kappa shape index (κ3) is 3.47. The summed E-state index contributed by atoms with van der Waals surface area (Å²) < 4.78 is 10.9. The number of rotatable bonds is 5. The van der Waals surface area contributed by atoms with Gasteiger partial charge in [-0.15, -0.1) is 0 Å². The quantitative estimate of drug-likeness (QED) is 0.813. The first-order chi connectivity index (χ1) is 11.2. The van der Waals surface area contributed by atoms with E-state index in [2.05, 4.69) is 38.8 Å². The van der Waals surface area contributed by atoms with E-state index in [0.717, 1.165) is 24.2 Å². The van der Waals surface area contributed by atoms with E-state index in [0.29, 0.717) is 18.7 Å². The van der Waals surface area contributed by atoms with Crippen molar-refractivity contribution in [3.63, 3.8) is 0 Å². The van der Waals surface area contributed by atoms with Crippen LogP contribution in [-0.4, -0.2) is 36.6 Å². The number of nitrogens with zero attached hydrogens (tertiary/aromatic N) is 1. The smallest absolute Gasteiger partial charge is 0.536 e. The maximum Gasteiger partial charge on any atom is 0.546 e. The lowest BCUT2D eigenvalue weighted by molar-refractivity contribution is 0.321. The van der Waals surface area contributed by atoms with Crippen LogP contribution in [0.1, 0.15) is 51.7 Å². The minimum atomic E-state index is -0.799. The lowest BCUT2D eigenvalue weighted by atomic mass is 9.74. The van der Waals surface area contributed by atoms with Gasteiger partial charge in [0.2, 0.25) is 0 Å². The number of hydrogen-bond donors (Lipinski definition) is 2. The molecule has 0 saturated carbocycles. The molecule has 24 heavy (non-hydrogen) atoms. The third-order valence-corrected chi connectivity index (χ3v) is 5.10. The molecule has 0 aromatic heterocycles. The first kappa shape index (κ1) is 17.4. The number of benzene rings is 1. The lowest BCUT2D eigenvalue weighted by Gasteiger charge is -2.31.